The van der Waals surface area contributed by atoms with E-state index in [2.05, 4.69) is 22.2 Å². The lowest BCUT2D eigenvalue weighted by molar-refractivity contribution is 0.184. The first-order valence-corrected chi connectivity index (χ1v) is 5.29. The molecule has 0 amide bonds. The normalized spacial score (nSPS) is 12.5. The summed E-state index contributed by atoms with van der Waals surface area (Å²) >= 11 is 5.97. The maximum Gasteiger partial charge on any atom is 0.148 e. The van der Waals surface area contributed by atoms with Gasteiger partial charge >= 0.3 is 0 Å². The maximum absolute atomic E-state index is 5.97. The largest absolute Gasteiger partial charge is 0.383 e. The van der Waals surface area contributed by atoms with Gasteiger partial charge in [-0.2, -0.15) is 0 Å². The van der Waals surface area contributed by atoms with Crippen LogP contribution in [0.3, 0.4) is 0 Å². The lowest BCUT2D eigenvalue weighted by atomic mass is 10.2. The third-order valence-electron chi connectivity index (χ3n) is 2.07. The van der Waals surface area contributed by atoms with Gasteiger partial charge in [0.25, 0.3) is 0 Å². The van der Waals surface area contributed by atoms with Crippen molar-refractivity contribution in [1.82, 2.24) is 9.97 Å². The molecule has 4 nitrogen and oxygen atoms in total. The van der Waals surface area contributed by atoms with Gasteiger partial charge in [-0.05, 0) is 13.3 Å². The van der Waals surface area contributed by atoms with Crippen LogP contribution in [0.4, 0.5) is 5.82 Å². The topological polar surface area (TPSA) is 47.0 Å². The molecule has 0 saturated heterocycles. The molecule has 0 aliphatic carbocycles. The first kappa shape index (κ1) is 12.2. The van der Waals surface area contributed by atoms with Crippen molar-refractivity contribution >= 4 is 17.4 Å². The summed E-state index contributed by atoms with van der Waals surface area (Å²) in [6, 6.07) is 0.224. The van der Waals surface area contributed by atoms with Crippen LogP contribution in [0.2, 0.25) is 5.02 Å². The molecule has 0 aliphatic heterocycles. The van der Waals surface area contributed by atoms with Gasteiger partial charge in [-0.15, -0.1) is 0 Å². The molecule has 0 fully saturated rings. The van der Waals surface area contributed by atoms with Crippen molar-refractivity contribution in [3.05, 3.63) is 17.0 Å². The van der Waals surface area contributed by atoms with E-state index in [0.29, 0.717) is 23.3 Å². The number of methoxy groups -OCH3 is 1. The zero-order valence-electron chi connectivity index (χ0n) is 9.25. The summed E-state index contributed by atoms with van der Waals surface area (Å²) in [5.74, 6) is 1.38. The molecular weight excluding hydrogens is 214 g/mol. The lowest BCUT2D eigenvalue weighted by Gasteiger charge is -2.17. The molecule has 1 unspecified atom stereocenters. The van der Waals surface area contributed by atoms with Crippen molar-refractivity contribution in [2.45, 2.75) is 26.3 Å². The Morgan fingerprint density at radius 1 is 1.60 bits per heavy atom. The average molecular weight is 230 g/mol. The fraction of sp³-hybridized carbons (Fsp3) is 0.600. The highest BCUT2D eigenvalue weighted by Gasteiger charge is 2.09. The van der Waals surface area contributed by atoms with Gasteiger partial charge in [-0.1, -0.05) is 18.5 Å². The van der Waals surface area contributed by atoms with E-state index in [9.17, 15) is 0 Å². The van der Waals surface area contributed by atoms with Gasteiger partial charge in [0.1, 0.15) is 16.7 Å². The van der Waals surface area contributed by atoms with Crippen molar-refractivity contribution in [3.63, 3.8) is 0 Å². The van der Waals surface area contributed by atoms with Gasteiger partial charge < -0.3 is 10.1 Å². The zero-order valence-corrected chi connectivity index (χ0v) is 10.0. The Bertz CT molecular complexity index is 320. The average Bonchev–Trinajstić information content (AvgIpc) is 2.22. The number of hydrogen-bond donors (Lipinski definition) is 1. The molecule has 84 valence electrons. The van der Waals surface area contributed by atoms with Crippen molar-refractivity contribution in [2.75, 3.05) is 19.0 Å². The van der Waals surface area contributed by atoms with E-state index >= 15 is 0 Å². The van der Waals surface area contributed by atoms with Gasteiger partial charge in [0, 0.05) is 7.11 Å². The van der Waals surface area contributed by atoms with Gasteiger partial charge in [0.2, 0.25) is 0 Å². The van der Waals surface area contributed by atoms with Crippen LogP contribution in [0.1, 0.15) is 19.2 Å². The molecular formula is C10H16ClN3O. The fourth-order valence-corrected chi connectivity index (χ4v) is 1.36. The molecule has 1 atom stereocenters. The second-order valence-corrected chi connectivity index (χ2v) is 3.73. The second-order valence-electron chi connectivity index (χ2n) is 3.32. The molecule has 0 spiro atoms. The monoisotopic (exact) mass is 229 g/mol. The number of halogens is 1. The predicted octanol–water partition coefficient (Wildman–Crippen LogP) is 2.28. The Morgan fingerprint density at radius 3 is 2.93 bits per heavy atom. The highest BCUT2D eigenvalue weighted by atomic mass is 35.5. The SMILES string of the molecule is CCC(COC)Nc1nc(C)ncc1Cl. The number of anilines is 1. The molecule has 1 aromatic rings. The van der Waals surface area contributed by atoms with Crippen LogP contribution in [0.15, 0.2) is 6.20 Å². The Hall–Kier alpha value is -0.870. The number of hydrogen-bond acceptors (Lipinski definition) is 4. The maximum atomic E-state index is 5.97. The quantitative estimate of drug-likeness (QED) is 0.842. The van der Waals surface area contributed by atoms with E-state index in [1.807, 2.05) is 6.92 Å². The minimum absolute atomic E-state index is 0.224. The number of aromatic nitrogens is 2. The summed E-state index contributed by atoms with van der Waals surface area (Å²) in [5.41, 5.74) is 0. The molecule has 1 aromatic heterocycles. The molecule has 15 heavy (non-hydrogen) atoms. The Balaban J connectivity index is 2.73. The molecule has 0 radical (unpaired) electrons. The minimum atomic E-state index is 0.224. The smallest absolute Gasteiger partial charge is 0.148 e. The third-order valence-corrected chi connectivity index (χ3v) is 2.34. The van der Waals surface area contributed by atoms with Gasteiger partial charge in [0.15, 0.2) is 0 Å². The van der Waals surface area contributed by atoms with E-state index in [-0.39, 0.29) is 6.04 Å². The Kier molecular flexibility index (Phi) is 4.78. The number of nitrogens with one attached hydrogen (secondary N) is 1. The van der Waals surface area contributed by atoms with E-state index in [4.69, 9.17) is 16.3 Å². The summed E-state index contributed by atoms with van der Waals surface area (Å²) in [6.45, 7) is 4.55. The van der Waals surface area contributed by atoms with Gasteiger partial charge in [-0.25, -0.2) is 9.97 Å². The first-order chi connectivity index (χ1) is 7.17. The van der Waals surface area contributed by atoms with Crippen molar-refractivity contribution in [3.8, 4) is 0 Å². The van der Waals surface area contributed by atoms with Crippen LogP contribution in [-0.4, -0.2) is 29.7 Å². The molecule has 1 heterocycles. The molecule has 0 saturated carbocycles. The number of aryl methyl sites for hydroxylation is 1. The van der Waals surface area contributed by atoms with E-state index in [0.717, 1.165) is 6.42 Å². The number of ether oxygens (including phenoxy) is 1. The molecule has 1 N–H and O–H groups in total. The summed E-state index contributed by atoms with van der Waals surface area (Å²) in [6.07, 6.45) is 2.55. The standard InChI is InChI=1S/C10H16ClN3O/c1-4-8(6-15-3)14-10-9(11)5-12-7(2)13-10/h5,8H,4,6H2,1-3H3,(H,12,13,14). The fourth-order valence-electron chi connectivity index (χ4n) is 1.21. The number of nitrogens with zero attached hydrogens (tertiary/aromatic N) is 2. The van der Waals surface area contributed by atoms with Crippen LogP contribution in [-0.2, 0) is 4.74 Å². The summed E-state index contributed by atoms with van der Waals surface area (Å²) < 4.78 is 5.09. The van der Waals surface area contributed by atoms with Crippen LogP contribution in [0, 0.1) is 6.92 Å². The first-order valence-electron chi connectivity index (χ1n) is 4.92. The van der Waals surface area contributed by atoms with E-state index in [1.54, 1.807) is 13.3 Å². The zero-order chi connectivity index (χ0) is 11.3. The van der Waals surface area contributed by atoms with E-state index in [1.165, 1.54) is 0 Å². The van der Waals surface area contributed by atoms with E-state index < -0.39 is 0 Å². The van der Waals surface area contributed by atoms with Crippen LogP contribution < -0.4 is 5.32 Å². The lowest BCUT2D eigenvalue weighted by Crippen LogP contribution is -2.24. The predicted molar refractivity (Wildman–Crippen MR) is 61.4 cm³/mol. The van der Waals surface area contributed by atoms with Crippen molar-refractivity contribution < 1.29 is 4.74 Å². The van der Waals surface area contributed by atoms with Crippen LogP contribution >= 0.6 is 11.6 Å². The summed E-state index contributed by atoms with van der Waals surface area (Å²) in [7, 11) is 1.68. The molecule has 0 bridgehead atoms. The van der Waals surface area contributed by atoms with Crippen LogP contribution in [0.25, 0.3) is 0 Å². The van der Waals surface area contributed by atoms with Gasteiger partial charge in [0.05, 0.1) is 18.8 Å². The van der Waals surface area contributed by atoms with Crippen molar-refractivity contribution in [1.29, 1.82) is 0 Å². The summed E-state index contributed by atoms with van der Waals surface area (Å²) in [5, 5.41) is 3.77. The van der Waals surface area contributed by atoms with Crippen LogP contribution in [0.5, 0.6) is 0 Å². The Morgan fingerprint density at radius 2 is 2.33 bits per heavy atom. The third kappa shape index (κ3) is 3.64. The minimum Gasteiger partial charge on any atom is -0.383 e. The summed E-state index contributed by atoms with van der Waals surface area (Å²) in [4.78, 5) is 8.24. The van der Waals surface area contributed by atoms with Crippen molar-refractivity contribution in [2.24, 2.45) is 0 Å². The second kappa shape index (κ2) is 5.88. The molecule has 0 aromatic carbocycles. The highest BCUT2D eigenvalue weighted by molar-refractivity contribution is 6.32. The number of rotatable bonds is 5. The molecule has 1 rings (SSSR count). The molecule has 0 aliphatic rings. The van der Waals surface area contributed by atoms with Gasteiger partial charge in [-0.3, -0.25) is 0 Å². The highest BCUT2D eigenvalue weighted by Crippen LogP contribution is 2.18. The molecule has 5 heteroatoms. The Labute approximate surface area is 95.0 Å².